The van der Waals surface area contributed by atoms with Gasteiger partial charge in [-0.05, 0) is 36.3 Å². The third-order valence-electron chi connectivity index (χ3n) is 3.67. The van der Waals surface area contributed by atoms with Crippen LogP contribution in [0.4, 0.5) is 0 Å². The van der Waals surface area contributed by atoms with Crippen LogP contribution in [0.3, 0.4) is 0 Å². The average Bonchev–Trinajstić information content (AvgIpc) is 2.63. The molecule has 1 N–H and O–H groups in total. The maximum absolute atomic E-state index is 10.3. The van der Waals surface area contributed by atoms with Crippen LogP contribution in [0.2, 0.25) is 0 Å². The molecule has 0 saturated heterocycles. The molecule has 1 aromatic rings. The molecule has 0 saturated carbocycles. The minimum Gasteiger partial charge on any atom is -0.389 e. The second-order valence-electron chi connectivity index (χ2n) is 5.34. The van der Waals surface area contributed by atoms with E-state index in [1.807, 2.05) is 18.3 Å². The van der Waals surface area contributed by atoms with Crippen LogP contribution < -0.4 is 0 Å². The maximum atomic E-state index is 10.3. The van der Waals surface area contributed by atoms with E-state index in [0.717, 1.165) is 26.1 Å². The number of hydrogen-bond donors (Lipinski definition) is 1. The molecule has 1 atom stereocenters. The Kier molecular flexibility index (Phi) is 3.38. The van der Waals surface area contributed by atoms with Gasteiger partial charge in [0.1, 0.15) is 0 Å². The number of thiophene rings is 1. The zero-order valence-electron chi connectivity index (χ0n) is 10.4. The Morgan fingerprint density at radius 3 is 3.00 bits per heavy atom. The van der Waals surface area contributed by atoms with Crippen LogP contribution in [-0.4, -0.2) is 28.7 Å². The highest BCUT2D eigenvalue weighted by atomic mass is 32.1. The maximum Gasteiger partial charge on any atom is 0.0768 e. The topological polar surface area (TPSA) is 23.5 Å². The van der Waals surface area contributed by atoms with Crippen molar-refractivity contribution in [3.63, 3.8) is 0 Å². The molecule has 0 bridgehead atoms. The number of nitrogens with zero attached hydrogens (tertiary/aromatic N) is 1. The van der Waals surface area contributed by atoms with Gasteiger partial charge in [0, 0.05) is 24.5 Å². The summed E-state index contributed by atoms with van der Waals surface area (Å²) in [6.07, 6.45) is 1.14. The molecule has 90 valence electrons. The Hall–Kier alpha value is -0.380. The SMILES string of the molecule is CC(C)C(C)(O)CN1CCc2sccc2C1. The van der Waals surface area contributed by atoms with Crippen LogP contribution in [0.15, 0.2) is 11.4 Å². The lowest BCUT2D eigenvalue weighted by atomic mass is 9.91. The monoisotopic (exact) mass is 239 g/mol. The number of hydrogen-bond acceptors (Lipinski definition) is 3. The summed E-state index contributed by atoms with van der Waals surface area (Å²) >= 11 is 1.86. The van der Waals surface area contributed by atoms with Crippen LogP contribution in [0.5, 0.6) is 0 Å². The van der Waals surface area contributed by atoms with Gasteiger partial charge in [0.2, 0.25) is 0 Å². The van der Waals surface area contributed by atoms with Crippen LogP contribution in [-0.2, 0) is 13.0 Å². The first-order chi connectivity index (χ1) is 7.49. The van der Waals surface area contributed by atoms with Crippen molar-refractivity contribution in [2.24, 2.45) is 5.92 Å². The molecule has 1 aromatic heterocycles. The minimum absolute atomic E-state index is 0.302. The number of β-amino-alcohol motifs (C(OH)–C–C–N with tert-alkyl or cyclic N) is 1. The van der Waals surface area contributed by atoms with Gasteiger partial charge >= 0.3 is 0 Å². The Balaban J connectivity index is 1.99. The molecule has 1 unspecified atom stereocenters. The van der Waals surface area contributed by atoms with Gasteiger partial charge in [-0.15, -0.1) is 11.3 Å². The normalized spacial score (nSPS) is 20.8. The lowest BCUT2D eigenvalue weighted by Crippen LogP contribution is -2.45. The standard InChI is InChI=1S/C13H21NOS/c1-10(2)13(3,15)9-14-6-4-12-11(8-14)5-7-16-12/h5,7,10,15H,4,6,8-9H2,1-3H3. The van der Waals surface area contributed by atoms with E-state index in [9.17, 15) is 5.11 Å². The van der Waals surface area contributed by atoms with Crippen molar-refractivity contribution in [1.82, 2.24) is 4.90 Å². The number of aliphatic hydroxyl groups is 1. The van der Waals surface area contributed by atoms with E-state index in [4.69, 9.17) is 0 Å². The molecule has 0 fully saturated rings. The van der Waals surface area contributed by atoms with Crippen molar-refractivity contribution >= 4 is 11.3 Å². The van der Waals surface area contributed by atoms with Gasteiger partial charge in [-0.1, -0.05) is 13.8 Å². The third kappa shape index (κ3) is 2.47. The van der Waals surface area contributed by atoms with E-state index in [-0.39, 0.29) is 0 Å². The molecule has 1 aliphatic rings. The van der Waals surface area contributed by atoms with E-state index in [2.05, 4.69) is 30.2 Å². The molecule has 1 aliphatic heterocycles. The smallest absolute Gasteiger partial charge is 0.0768 e. The molecule has 0 spiro atoms. The quantitative estimate of drug-likeness (QED) is 0.876. The zero-order chi connectivity index (χ0) is 11.8. The van der Waals surface area contributed by atoms with Crippen LogP contribution in [0, 0.1) is 5.92 Å². The predicted molar refractivity (Wildman–Crippen MR) is 68.8 cm³/mol. The third-order valence-corrected chi connectivity index (χ3v) is 4.70. The highest BCUT2D eigenvalue weighted by Gasteiger charge is 2.29. The van der Waals surface area contributed by atoms with E-state index in [1.165, 1.54) is 10.4 Å². The Bertz CT molecular complexity index is 357. The lowest BCUT2D eigenvalue weighted by Gasteiger charge is -2.36. The molecule has 2 heterocycles. The van der Waals surface area contributed by atoms with Crippen molar-refractivity contribution in [3.8, 4) is 0 Å². The van der Waals surface area contributed by atoms with E-state index < -0.39 is 5.60 Å². The lowest BCUT2D eigenvalue weighted by molar-refractivity contribution is -0.0218. The average molecular weight is 239 g/mol. The van der Waals surface area contributed by atoms with Gasteiger partial charge in [0.15, 0.2) is 0 Å². The molecular formula is C13H21NOS. The van der Waals surface area contributed by atoms with Crippen molar-refractivity contribution in [1.29, 1.82) is 0 Å². The van der Waals surface area contributed by atoms with Gasteiger partial charge in [-0.2, -0.15) is 0 Å². The summed E-state index contributed by atoms with van der Waals surface area (Å²) in [5.41, 5.74) is 0.879. The Morgan fingerprint density at radius 1 is 1.56 bits per heavy atom. The summed E-state index contributed by atoms with van der Waals surface area (Å²) in [6, 6.07) is 2.22. The Morgan fingerprint density at radius 2 is 2.31 bits per heavy atom. The Labute approximate surface area is 102 Å². The van der Waals surface area contributed by atoms with Crippen molar-refractivity contribution in [2.45, 2.75) is 39.3 Å². The first-order valence-electron chi connectivity index (χ1n) is 5.99. The van der Waals surface area contributed by atoms with Crippen molar-refractivity contribution in [3.05, 3.63) is 21.9 Å². The fourth-order valence-corrected chi connectivity index (χ4v) is 2.97. The summed E-state index contributed by atoms with van der Waals surface area (Å²) in [7, 11) is 0. The van der Waals surface area contributed by atoms with Crippen molar-refractivity contribution in [2.75, 3.05) is 13.1 Å². The van der Waals surface area contributed by atoms with Crippen LogP contribution >= 0.6 is 11.3 Å². The van der Waals surface area contributed by atoms with Gasteiger partial charge < -0.3 is 5.11 Å². The van der Waals surface area contributed by atoms with E-state index in [1.54, 1.807) is 0 Å². The predicted octanol–water partition coefficient (Wildman–Crippen LogP) is 2.51. The van der Waals surface area contributed by atoms with Crippen LogP contribution in [0.1, 0.15) is 31.2 Å². The summed E-state index contributed by atoms with van der Waals surface area (Å²) in [5, 5.41) is 12.5. The van der Waals surface area contributed by atoms with Crippen LogP contribution in [0.25, 0.3) is 0 Å². The molecule has 2 nitrogen and oxygen atoms in total. The summed E-state index contributed by atoms with van der Waals surface area (Å²) < 4.78 is 0. The fraction of sp³-hybridized carbons (Fsp3) is 0.692. The summed E-state index contributed by atoms with van der Waals surface area (Å²) in [6.45, 7) is 8.97. The minimum atomic E-state index is -0.576. The second kappa shape index (κ2) is 4.47. The number of fused-ring (bicyclic) bond motifs is 1. The first-order valence-corrected chi connectivity index (χ1v) is 6.87. The largest absolute Gasteiger partial charge is 0.389 e. The molecule has 3 heteroatoms. The molecule has 16 heavy (non-hydrogen) atoms. The second-order valence-corrected chi connectivity index (χ2v) is 6.34. The molecule has 0 aliphatic carbocycles. The van der Waals surface area contributed by atoms with Gasteiger partial charge in [-0.3, -0.25) is 4.90 Å². The van der Waals surface area contributed by atoms with Crippen molar-refractivity contribution < 1.29 is 5.11 Å². The van der Waals surface area contributed by atoms with E-state index >= 15 is 0 Å². The molecule has 0 radical (unpaired) electrons. The zero-order valence-corrected chi connectivity index (χ0v) is 11.2. The highest BCUT2D eigenvalue weighted by Crippen LogP contribution is 2.26. The molecule has 0 amide bonds. The van der Waals surface area contributed by atoms with Gasteiger partial charge in [0.25, 0.3) is 0 Å². The molecular weight excluding hydrogens is 218 g/mol. The number of rotatable bonds is 3. The van der Waals surface area contributed by atoms with E-state index in [0.29, 0.717) is 5.92 Å². The summed E-state index contributed by atoms with van der Waals surface area (Å²) in [5.74, 6) is 0.302. The van der Waals surface area contributed by atoms with Gasteiger partial charge in [0.05, 0.1) is 5.60 Å². The highest BCUT2D eigenvalue weighted by molar-refractivity contribution is 7.10. The first kappa shape index (κ1) is 12.1. The van der Waals surface area contributed by atoms with Gasteiger partial charge in [-0.25, -0.2) is 0 Å². The fourth-order valence-electron chi connectivity index (χ4n) is 2.08. The molecule has 0 aromatic carbocycles. The molecule has 2 rings (SSSR count). The summed E-state index contributed by atoms with van der Waals surface area (Å²) in [4.78, 5) is 3.90.